The van der Waals surface area contributed by atoms with Gasteiger partial charge in [0.05, 0.1) is 6.61 Å². The minimum atomic E-state index is -0.0237. The number of carbonyl (C=O) groups is 1. The van der Waals surface area contributed by atoms with E-state index < -0.39 is 0 Å². The van der Waals surface area contributed by atoms with Crippen LogP contribution in [0.4, 0.5) is 0 Å². The molecule has 0 heterocycles. The van der Waals surface area contributed by atoms with E-state index in [2.05, 4.69) is 25.1 Å². The van der Waals surface area contributed by atoms with Gasteiger partial charge in [0.1, 0.15) is 11.5 Å². The SMILES string of the molecule is C[C@]12CC[C@@H]3c4ccc(OCCCCCl)cc4CC[C@H]3[C@@H]1CCC2=O. The molecular weight excluding hydrogens is 332 g/mol. The van der Waals surface area contributed by atoms with Crippen molar-refractivity contribution in [1.29, 1.82) is 0 Å². The minimum Gasteiger partial charge on any atom is -0.494 e. The van der Waals surface area contributed by atoms with Gasteiger partial charge in [-0.1, -0.05) is 13.0 Å². The molecule has 0 aliphatic heterocycles. The van der Waals surface area contributed by atoms with Crippen molar-refractivity contribution in [2.75, 3.05) is 12.5 Å². The molecule has 3 aliphatic carbocycles. The summed E-state index contributed by atoms with van der Waals surface area (Å²) in [6, 6.07) is 6.72. The Hall–Kier alpha value is -1.02. The summed E-state index contributed by atoms with van der Waals surface area (Å²) in [7, 11) is 0. The normalized spacial score (nSPS) is 33.5. The van der Waals surface area contributed by atoms with Crippen molar-refractivity contribution >= 4 is 17.4 Å². The fourth-order valence-corrected chi connectivity index (χ4v) is 6.00. The molecule has 0 spiro atoms. The third kappa shape index (κ3) is 3.01. The van der Waals surface area contributed by atoms with E-state index in [4.69, 9.17) is 16.3 Å². The van der Waals surface area contributed by atoms with E-state index in [1.54, 1.807) is 0 Å². The Bertz CT molecular complexity index is 655. The quantitative estimate of drug-likeness (QED) is 0.511. The van der Waals surface area contributed by atoms with Crippen molar-refractivity contribution in [2.24, 2.45) is 17.3 Å². The summed E-state index contributed by atoms with van der Waals surface area (Å²) in [5, 5.41) is 0. The van der Waals surface area contributed by atoms with Gasteiger partial charge in [0, 0.05) is 17.7 Å². The van der Waals surface area contributed by atoms with Gasteiger partial charge in [0.15, 0.2) is 0 Å². The lowest BCUT2D eigenvalue weighted by Crippen LogP contribution is -2.42. The summed E-state index contributed by atoms with van der Waals surface area (Å²) in [5.74, 6) is 4.20. The first-order valence-electron chi connectivity index (χ1n) is 9.98. The van der Waals surface area contributed by atoms with Gasteiger partial charge >= 0.3 is 0 Å². The number of aryl methyl sites for hydroxylation is 1. The first kappa shape index (κ1) is 17.4. The molecule has 1 aromatic rings. The third-order valence-electron chi connectivity index (χ3n) is 7.20. The zero-order chi connectivity index (χ0) is 17.4. The first-order valence-corrected chi connectivity index (χ1v) is 10.5. The Morgan fingerprint density at radius 1 is 1.20 bits per heavy atom. The summed E-state index contributed by atoms with van der Waals surface area (Å²) in [6.07, 6.45) is 8.58. The van der Waals surface area contributed by atoms with Gasteiger partial charge in [-0.15, -0.1) is 11.6 Å². The molecule has 2 saturated carbocycles. The second-order valence-corrected chi connectivity index (χ2v) is 8.82. The number of rotatable bonds is 5. The third-order valence-corrected chi connectivity index (χ3v) is 7.47. The Morgan fingerprint density at radius 2 is 2.08 bits per heavy atom. The Labute approximate surface area is 156 Å². The summed E-state index contributed by atoms with van der Waals surface area (Å²) in [4.78, 5) is 12.4. The van der Waals surface area contributed by atoms with Crippen LogP contribution in [0.1, 0.15) is 68.9 Å². The maximum absolute atomic E-state index is 12.4. The van der Waals surface area contributed by atoms with Gasteiger partial charge < -0.3 is 4.74 Å². The zero-order valence-corrected chi connectivity index (χ0v) is 16.0. The van der Waals surface area contributed by atoms with Crippen LogP contribution in [0.2, 0.25) is 0 Å². The van der Waals surface area contributed by atoms with E-state index in [0.717, 1.165) is 50.9 Å². The maximum Gasteiger partial charge on any atom is 0.139 e. The predicted octanol–water partition coefficient (Wildman–Crippen LogP) is 5.51. The van der Waals surface area contributed by atoms with Crippen LogP contribution >= 0.6 is 11.6 Å². The first-order chi connectivity index (χ1) is 12.1. The Kier molecular flexibility index (Phi) is 4.83. The molecule has 25 heavy (non-hydrogen) atoms. The van der Waals surface area contributed by atoms with Crippen LogP contribution in [0.3, 0.4) is 0 Å². The number of carbonyl (C=O) groups excluding carboxylic acids is 1. The predicted molar refractivity (Wildman–Crippen MR) is 102 cm³/mol. The smallest absolute Gasteiger partial charge is 0.139 e. The number of unbranched alkanes of at least 4 members (excludes halogenated alkanes) is 1. The fourth-order valence-electron chi connectivity index (χ4n) is 5.81. The van der Waals surface area contributed by atoms with Gasteiger partial charge in [-0.25, -0.2) is 0 Å². The molecule has 4 rings (SSSR count). The topological polar surface area (TPSA) is 26.3 Å². The molecule has 0 amide bonds. The average molecular weight is 361 g/mol. The lowest BCUT2D eigenvalue weighted by Gasteiger charge is -2.48. The molecule has 0 N–H and O–H groups in total. The lowest BCUT2D eigenvalue weighted by atomic mass is 9.55. The molecule has 0 aromatic heterocycles. The van der Waals surface area contributed by atoms with Gasteiger partial charge in [-0.3, -0.25) is 4.79 Å². The molecule has 3 aliphatic rings. The standard InChI is InChI=1S/C22H29ClO2/c1-22-11-10-18-17-7-5-16(25-13-3-2-12-23)14-15(17)4-6-19(18)20(22)8-9-21(22)24/h5,7,14,18-20H,2-4,6,8-13H2,1H3/t18-,19-,20+,22+/m1/s1. The highest BCUT2D eigenvalue weighted by atomic mass is 35.5. The van der Waals surface area contributed by atoms with Crippen molar-refractivity contribution in [1.82, 2.24) is 0 Å². The van der Waals surface area contributed by atoms with Crippen LogP contribution < -0.4 is 4.74 Å². The van der Waals surface area contributed by atoms with Crippen LogP contribution in [0.15, 0.2) is 18.2 Å². The highest BCUT2D eigenvalue weighted by Crippen LogP contribution is 2.59. The van der Waals surface area contributed by atoms with Crippen molar-refractivity contribution in [3.05, 3.63) is 29.3 Å². The van der Waals surface area contributed by atoms with Crippen LogP contribution in [0, 0.1) is 17.3 Å². The number of hydrogen-bond acceptors (Lipinski definition) is 2. The highest BCUT2D eigenvalue weighted by molar-refractivity contribution is 6.17. The van der Waals surface area contributed by atoms with Crippen LogP contribution in [-0.2, 0) is 11.2 Å². The Balaban J connectivity index is 1.50. The number of ether oxygens (including phenoxy) is 1. The summed E-state index contributed by atoms with van der Waals surface area (Å²) >= 11 is 5.72. The monoisotopic (exact) mass is 360 g/mol. The number of Topliss-reactive ketones (excluding diaryl/α,β-unsaturated/α-hetero) is 1. The second-order valence-electron chi connectivity index (χ2n) is 8.44. The molecule has 0 radical (unpaired) electrons. The van der Waals surface area contributed by atoms with Crippen molar-refractivity contribution in [3.63, 3.8) is 0 Å². The highest BCUT2D eigenvalue weighted by Gasteiger charge is 2.54. The lowest BCUT2D eigenvalue weighted by molar-refractivity contribution is -0.129. The van der Waals surface area contributed by atoms with Gasteiger partial charge in [0.25, 0.3) is 0 Å². The number of ketones is 1. The zero-order valence-electron chi connectivity index (χ0n) is 15.2. The van der Waals surface area contributed by atoms with E-state index in [0.29, 0.717) is 29.4 Å². The summed E-state index contributed by atoms with van der Waals surface area (Å²) in [6.45, 7) is 3.00. The van der Waals surface area contributed by atoms with Crippen LogP contribution in [-0.4, -0.2) is 18.3 Å². The molecule has 2 fully saturated rings. The van der Waals surface area contributed by atoms with Crippen molar-refractivity contribution in [3.8, 4) is 5.75 Å². The molecular formula is C22H29ClO2. The molecule has 0 unspecified atom stereocenters. The number of alkyl halides is 1. The fraction of sp³-hybridized carbons (Fsp3) is 0.682. The van der Waals surface area contributed by atoms with E-state index in [-0.39, 0.29) is 5.41 Å². The number of benzene rings is 1. The maximum atomic E-state index is 12.4. The largest absolute Gasteiger partial charge is 0.494 e. The molecule has 0 bridgehead atoms. The molecule has 1 aromatic carbocycles. The van der Waals surface area contributed by atoms with Crippen LogP contribution in [0.25, 0.3) is 0 Å². The summed E-state index contributed by atoms with van der Waals surface area (Å²) in [5.41, 5.74) is 2.99. The Morgan fingerprint density at radius 3 is 2.92 bits per heavy atom. The molecule has 136 valence electrons. The molecule has 2 nitrogen and oxygen atoms in total. The van der Waals surface area contributed by atoms with Gasteiger partial charge in [-0.05, 0) is 86.0 Å². The minimum absolute atomic E-state index is 0.0237. The van der Waals surface area contributed by atoms with E-state index in [1.807, 2.05) is 0 Å². The average Bonchev–Trinajstić information content (AvgIpc) is 2.93. The van der Waals surface area contributed by atoms with Crippen LogP contribution in [0.5, 0.6) is 5.75 Å². The second kappa shape index (κ2) is 6.95. The number of fused-ring (bicyclic) bond motifs is 5. The number of hydrogen-bond donors (Lipinski definition) is 0. The van der Waals surface area contributed by atoms with E-state index >= 15 is 0 Å². The van der Waals surface area contributed by atoms with Gasteiger partial charge in [-0.2, -0.15) is 0 Å². The summed E-state index contributed by atoms with van der Waals surface area (Å²) < 4.78 is 5.91. The molecule has 3 heteroatoms. The molecule has 4 atom stereocenters. The van der Waals surface area contributed by atoms with Gasteiger partial charge in [0.2, 0.25) is 0 Å². The van der Waals surface area contributed by atoms with Crippen molar-refractivity contribution < 1.29 is 9.53 Å². The van der Waals surface area contributed by atoms with E-state index in [9.17, 15) is 4.79 Å². The number of halogens is 1. The van der Waals surface area contributed by atoms with Crippen molar-refractivity contribution in [2.45, 2.75) is 64.2 Å². The van der Waals surface area contributed by atoms with E-state index in [1.165, 1.54) is 24.0 Å². The molecule has 0 saturated heterocycles.